The summed E-state index contributed by atoms with van der Waals surface area (Å²) in [5, 5.41) is 0.535. The monoisotopic (exact) mass is 363 g/mol. The first-order chi connectivity index (χ1) is 12.4. The number of halogens is 3. The number of hydrogen-bond donors (Lipinski definition) is 2. The molecule has 0 spiro atoms. The van der Waals surface area contributed by atoms with Crippen molar-refractivity contribution in [3.8, 4) is 11.3 Å². The van der Waals surface area contributed by atoms with Gasteiger partial charge in [-0.2, -0.15) is 13.2 Å². The van der Waals surface area contributed by atoms with Crippen LogP contribution in [0.25, 0.3) is 22.3 Å². The van der Waals surface area contributed by atoms with E-state index in [1.54, 1.807) is 12.1 Å². The van der Waals surface area contributed by atoms with Crippen LogP contribution < -0.4 is 5.73 Å². The number of pyridine rings is 1. The number of fused-ring (bicyclic) bond motifs is 1. The summed E-state index contributed by atoms with van der Waals surface area (Å²) < 4.78 is 45.7. The fourth-order valence-corrected chi connectivity index (χ4v) is 3.18. The zero-order valence-corrected chi connectivity index (χ0v) is 13.7. The van der Waals surface area contributed by atoms with Crippen molar-refractivity contribution in [2.45, 2.75) is 31.5 Å². The van der Waals surface area contributed by atoms with Crippen LogP contribution in [0, 0.1) is 0 Å². The van der Waals surface area contributed by atoms with Gasteiger partial charge in [-0.15, -0.1) is 0 Å². The van der Waals surface area contributed by atoms with Crippen LogP contribution in [0.3, 0.4) is 0 Å². The fraction of sp³-hybridized carbons (Fsp3) is 0.353. The van der Waals surface area contributed by atoms with E-state index in [0.29, 0.717) is 23.8 Å². The number of nitrogens with zero attached hydrogens (tertiary/aromatic N) is 3. The molecular formula is C17H16F3N5O. The standard InChI is InChI=1S/C17H16F3N5O/c18-17(19,20)11-8-23-16(21)25-14(11)10-7-22-15-9(10)4-5-12(24-15)13-3-1-2-6-26-13/h4-5,7-8,13H,1-3,6H2,(H,22,24)(H2,21,23,25). The minimum atomic E-state index is -4.59. The molecule has 136 valence electrons. The second-order valence-electron chi connectivity index (χ2n) is 6.18. The lowest BCUT2D eigenvalue weighted by molar-refractivity contribution is -0.137. The van der Waals surface area contributed by atoms with Crippen molar-refractivity contribution in [3.63, 3.8) is 0 Å². The van der Waals surface area contributed by atoms with Crippen molar-refractivity contribution in [3.05, 3.63) is 35.8 Å². The molecule has 9 heteroatoms. The lowest BCUT2D eigenvalue weighted by atomic mass is 10.0. The Morgan fingerprint density at radius 2 is 2.04 bits per heavy atom. The van der Waals surface area contributed by atoms with E-state index in [9.17, 15) is 13.2 Å². The molecule has 0 bridgehead atoms. The molecule has 3 aromatic heterocycles. The number of nitrogens with two attached hydrogens (primary N) is 1. The summed E-state index contributed by atoms with van der Waals surface area (Å²) in [5.41, 5.74) is 5.84. The maximum Gasteiger partial charge on any atom is 0.419 e. The van der Waals surface area contributed by atoms with Gasteiger partial charge in [0.2, 0.25) is 5.95 Å². The van der Waals surface area contributed by atoms with Gasteiger partial charge in [0.25, 0.3) is 0 Å². The summed E-state index contributed by atoms with van der Waals surface area (Å²) >= 11 is 0. The minimum absolute atomic E-state index is 0.0830. The zero-order chi connectivity index (χ0) is 18.3. The second kappa shape index (κ2) is 6.24. The molecule has 26 heavy (non-hydrogen) atoms. The van der Waals surface area contributed by atoms with Gasteiger partial charge >= 0.3 is 6.18 Å². The van der Waals surface area contributed by atoms with E-state index in [-0.39, 0.29) is 23.3 Å². The Hall–Kier alpha value is -2.68. The smallest absolute Gasteiger partial charge is 0.372 e. The molecule has 0 aliphatic carbocycles. The molecule has 1 aliphatic heterocycles. The number of anilines is 1. The van der Waals surface area contributed by atoms with Gasteiger partial charge in [-0.3, -0.25) is 0 Å². The first-order valence-electron chi connectivity index (χ1n) is 8.23. The van der Waals surface area contributed by atoms with Gasteiger partial charge in [-0.25, -0.2) is 15.0 Å². The molecule has 3 aromatic rings. The Kier molecular flexibility index (Phi) is 4.03. The van der Waals surface area contributed by atoms with Crippen molar-refractivity contribution in [2.75, 3.05) is 12.3 Å². The summed E-state index contributed by atoms with van der Waals surface area (Å²) in [7, 11) is 0. The first kappa shape index (κ1) is 16.8. The summed E-state index contributed by atoms with van der Waals surface area (Å²) in [6.45, 7) is 0.690. The van der Waals surface area contributed by atoms with E-state index in [2.05, 4.69) is 19.9 Å². The molecule has 4 rings (SSSR count). The van der Waals surface area contributed by atoms with Crippen molar-refractivity contribution in [1.82, 2.24) is 19.9 Å². The van der Waals surface area contributed by atoms with Crippen LogP contribution in [-0.2, 0) is 10.9 Å². The third-order valence-corrected chi connectivity index (χ3v) is 4.44. The maximum absolute atomic E-state index is 13.3. The van der Waals surface area contributed by atoms with Crippen molar-refractivity contribution in [2.24, 2.45) is 0 Å². The summed E-state index contributed by atoms with van der Waals surface area (Å²) in [4.78, 5) is 14.7. The zero-order valence-electron chi connectivity index (χ0n) is 13.7. The van der Waals surface area contributed by atoms with Crippen LogP contribution in [0.4, 0.5) is 19.1 Å². The van der Waals surface area contributed by atoms with E-state index >= 15 is 0 Å². The van der Waals surface area contributed by atoms with Gasteiger partial charge in [0.05, 0.1) is 17.5 Å². The largest absolute Gasteiger partial charge is 0.419 e. The molecule has 0 amide bonds. The first-order valence-corrected chi connectivity index (χ1v) is 8.23. The predicted molar refractivity (Wildman–Crippen MR) is 89.1 cm³/mol. The molecule has 6 nitrogen and oxygen atoms in total. The van der Waals surface area contributed by atoms with E-state index in [4.69, 9.17) is 10.5 Å². The number of aromatic nitrogens is 4. The summed E-state index contributed by atoms with van der Waals surface area (Å²) in [6.07, 6.45) is 0.466. The number of ether oxygens (including phenoxy) is 1. The molecule has 1 unspecified atom stereocenters. The number of hydrogen-bond acceptors (Lipinski definition) is 5. The third-order valence-electron chi connectivity index (χ3n) is 4.44. The number of rotatable bonds is 2. The highest BCUT2D eigenvalue weighted by Crippen LogP contribution is 2.38. The molecule has 1 saturated heterocycles. The number of H-pyrrole nitrogens is 1. The average molecular weight is 363 g/mol. The molecule has 0 radical (unpaired) electrons. The topological polar surface area (TPSA) is 89.7 Å². The van der Waals surface area contributed by atoms with Crippen LogP contribution in [0.5, 0.6) is 0 Å². The normalized spacial score (nSPS) is 18.3. The number of aromatic amines is 1. The Morgan fingerprint density at radius 1 is 1.19 bits per heavy atom. The van der Waals surface area contributed by atoms with Gasteiger partial charge in [-0.05, 0) is 31.4 Å². The highest BCUT2D eigenvalue weighted by molar-refractivity contribution is 5.93. The van der Waals surface area contributed by atoms with Gasteiger partial charge < -0.3 is 15.5 Å². The molecule has 0 aromatic carbocycles. The molecule has 4 heterocycles. The number of alkyl halides is 3. The quantitative estimate of drug-likeness (QED) is 0.722. The van der Waals surface area contributed by atoms with Crippen LogP contribution in [0.2, 0.25) is 0 Å². The third kappa shape index (κ3) is 2.98. The lowest BCUT2D eigenvalue weighted by Crippen LogP contribution is -2.12. The second-order valence-corrected chi connectivity index (χ2v) is 6.18. The Labute approximate surface area is 146 Å². The van der Waals surface area contributed by atoms with E-state index in [0.717, 1.165) is 25.0 Å². The van der Waals surface area contributed by atoms with Crippen molar-refractivity contribution < 1.29 is 17.9 Å². The lowest BCUT2D eigenvalue weighted by Gasteiger charge is -2.21. The Balaban J connectivity index is 1.80. The molecule has 0 saturated carbocycles. The number of nitrogens with one attached hydrogen (secondary N) is 1. The SMILES string of the molecule is Nc1ncc(C(F)(F)F)c(-c2c[nH]c3nc(C4CCCCO4)ccc23)n1. The highest BCUT2D eigenvalue weighted by atomic mass is 19.4. The summed E-state index contributed by atoms with van der Waals surface area (Å²) in [5.74, 6) is -0.220. The molecule has 3 N–H and O–H groups in total. The van der Waals surface area contributed by atoms with Gasteiger partial charge in [0.1, 0.15) is 11.2 Å². The minimum Gasteiger partial charge on any atom is -0.372 e. The van der Waals surface area contributed by atoms with Crippen LogP contribution in [0.1, 0.15) is 36.6 Å². The van der Waals surface area contributed by atoms with Crippen LogP contribution >= 0.6 is 0 Å². The van der Waals surface area contributed by atoms with Crippen molar-refractivity contribution in [1.29, 1.82) is 0 Å². The van der Waals surface area contributed by atoms with Crippen LogP contribution in [0.15, 0.2) is 24.5 Å². The van der Waals surface area contributed by atoms with Gasteiger partial charge in [-0.1, -0.05) is 0 Å². The average Bonchev–Trinajstić information content (AvgIpc) is 3.04. The predicted octanol–water partition coefficient (Wildman–Crippen LogP) is 3.86. The molecule has 1 fully saturated rings. The summed E-state index contributed by atoms with van der Waals surface area (Å²) in [6, 6.07) is 3.52. The molecular weight excluding hydrogens is 347 g/mol. The maximum atomic E-state index is 13.3. The van der Waals surface area contributed by atoms with Gasteiger partial charge in [0.15, 0.2) is 0 Å². The fourth-order valence-electron chi connectivity index (χ4n) is 3.18. The van der Waals surface area contributed by atoms with Gasteiger partial charge in [0, 0.05) is 30.0 Å². The Bertz CT molecular complexity index is 947. The van der Waals surface area contributed by atoms with Crippen LogP contribution in [-0.4, -0.2) is 26.5 Å². The van der Waals surface area contributed by atoms with E-state index in [1.807, 2.05) is 0 Å². The highest BCUT2D eigenvalue weighted by Gasteiger charge is 2.36. The molecule has 1 atom stereocenters. The Morgan fingerprint density at radius 3 is 2.77 bits per heavy atom. The number of nitrogen functional groups attached to an aromatic ring is 1. The van der Waals surface area contributed by atoms with Crippen molar-refractivity contribution >= 4 is 17.0 Å². The van der Waals surface area contributed by atoms with E-state index in [1.165, 1.54) is 6.20 Å². The molecule has 1 aliphatic rings. The van der Waals surface area contributed by atoms with E-state index < -0.39 is 11.7 Å².